The molecule has 0 aliphatic carbocycles. The molecule has 4 heteroatoms. The zero-order valence-electron chi connectivity index (χ0n) is 9.91. The van der Waals surface area contributed by atoms with Crippen LogP contribution in [0, 0.1) is 0 Å². The summed E-state index contributed by atoms with van der Waals surface area (Å²) < 4.78 is 4.32. The minimum Gasteiger partial charge on any atom is -0.343 e. The second-order valence-corrected chi connectivity index (χ2v) is 6.53. The number of hydrogen-bond donors (Lipinski definition) is 0. The standard InChI is InChI=1S/C15H10Br2ClN/c16-11-5-4-10(14(18)8-11)9-19-7-6-12-13(17)2-1-3-15(12)19/h1-8H,9H2. The fraction of sp³-hybridized carbons (Fsp3) is 0.0667. The number of halogens is 3. The van der Waals surface area contributed by atoms with Gasteiger partial charge in [0.1, 0.15) is 0 Å². The molecule has 0 N–H and O–H groups in total. The molecule has 19 heavy (non-hydrogen) atoms. The third kappa shape index (κ3) is 2.60. The predicted octanol–water partition coefficient (Wildman–Crippen LogP) is 5.87. The lowest BCUT2D eigenvalue weighted by molar-refractivity contribution is 0.837. The fourth-order valence-corrected chi connectivity index (χ4v) is 3.38. The van der Waals surface area contributed by atoms with E-state index in [2.05, 4.69) is 66.9 Å². The van der Waals surface area contributed by atoms with Gasteiger partial charge in [0.2, 0.25) is 0 Å². The molecule has 1 nitrogen and oxygen atoms in total. The molecule has 0 fully saturated rings. The Labute approximate surface area is 133 Å². The van der Waals surface area contributed by atoms with Crippen LogP contribution in [0.5, 0.6) is 0 Å². The van der Waals surface area contributed by atoms with Crippen LogP contribution in [0.3, 0.4) is 0 Å². The normalized spacial score (nSPS) is 11.1. The summed E-state index contributed by atoms with van der Waals surface area (Å²) in [6.45, 7) is 0.770. The lowest BCUT2D eigenvalue weighted by Gasteiger charge is -2.08. The van der Waals surface area contributed by atoms with Gasteiger partial charge < -0.3 is 4.57 Å². The van der Waals surface area contributed by atoms with Crippen LogP contribution in [-0.2, 0) is 6.54 Å². The number of benzene rings is 2. The van der Waals surface area contributed by atoms with E-state index in [0.717, 1.165) is 26.1 Å². The Bertz CT molecular complexity index is 749. The van der Waals surface area contributed by atoms with Crippen molar-refractivity contribution >= 4 is 54.4 Å². The highest BCUT2D eigenvalue weighted by Crippen LogP contribution is 2.27. The van der Waals surface area contributed by atoms with Crippen molar-refractivity contribution in [2.45, 2.75) is 6.54 Å². The minimum atomic E-state index is 0.770. The van der Waals surface area contributed by atoms with E-state index in [-0.39, 0.29) is 0 Å². The first-order chi connectivity index (χ1) is 9.15. The summed E-state index contributed by atoms with van der Waals surface area (Å²) in [7, 11) is 0. The van der Waals surface area contributed by atoms with Crippen molar-refractivity contribution in [3.8, 4) is 0 Å². The number of rotatable bonds is 2. The van der Waals surface area contributed by atoms with Crippen molar-refractivity contribution in [2.24, 2.45) is 0 Å². The van der Waals surface area contributed by atoms with Crippen LogP contribution in [0.15, 0.2) is 57.6 Å². The summed E-state index contributed by atoms with van der Waals surface area (Å²) in [5.74, 6) is 0. The van der Waals surface area contributed by atoms with E-state index in [0.29, 0.717) is 0 Å². The number of hydrogen-bond acceptors (Lipinski definition) is 0. The topological polar surface area (TPSA) is 4.93 Å². The third-order valence-electron chi connectivity index (χ3n) is 3.12. The van der Waals surface area contributed by atoms with E-state index >= 15 is 0 Å². The molecule has 0 aliphatic heterocycles. The fourth-order valence-electron chi connectivity index (χ4n) is 2.16. The van der Waals surface area contributed by atoms with Crippen LogP contribution in [0.25, 0.3) is 10.9 Å². The molecule has 1 aromatic heterocycles. The van der Waals surface area contributed by atoms with E-state index in [1.807, 2.05) is 18.2 Å². The largest absolute Gasteiger partial charge is 0.343 e. The molecular formula is C15H10Br2ClN. The highest BCUT2D eigenvalue weighted by molar-refractivity contribution is 9.11. The van der Waals surface area contributed by atoms with E-state index in [1.165, 1.54) is 10.9 Å². The first-order valence-electron chi connectivity index (χ1n) is 5.82. The number of fused-ring (bicyclic) bond motifs is 1. The summed E-state index contributed by atoms with van der Waals surface area (Å²) in [5, 5.41) is 2.00. The Balaban J connectivity index is 2.04. The second kappa shape index (κ2) is 5.31. The van der Waals surface area contributed by atoms with Crippen molar-refractivity contribution in [3.63, 3.8) is 0 Å². The van der Waals surface area contributed by atoms with Gasteiger partial charge in [0.05, 0.1) is 0 Å². The second-order valence-electron chi connectivity index (χ2n) is 4.35. The minimum absolute atomic E-state index is 0.770. The molecule has 2 aromatic carbocycles. The molecule has 3 aromatic rings. The van der Waals surface area contributed by atoms with Crippen molar-refractivity contribution in [1.82, 2.24) is 4.57 Å². The Kier molecular flexibility index (Phi) is 3.70. The van der Waals surface area contributed by atoms with E-state index < -0.39 is 0 Å². The van der Waals surface area contributed by atoms with E-state index in [9.17, 15) is 0 Å². The lowest BCUT2D eigenvalue weighted by atomic mass is 10.2. The molecule has 1 heterocycles. The Morgan fingerprint density at radius 1 is 1.05 bits per heavy atom. The van der Waals surface area contributed by atoms with Crippen molar-refractivity contribution in [3.05, 3.63) is 68.2 Å². The molecule has 0 bridgehead atoms. The average Bonchev–Trinajstić information content (AvgIpc) is 2.78. The third-order valence-corrected chi connectivity index (χ3v) is 4.65. The highest BCUT2D eigenvalue weighted by atomic mass is 79.9. The molecule has 0 amide bonds. The van der Waals surface area contributed by atoms with Crippen molar-refractivity contribution < 1.29 is 0 Å². The summed E-state index contributed by atoms with van der Waals surface area (Å²) >= 11 is 13.3. The van der Waals surface area contributed by atoms with Gasteiger partial charge >= 0.3 is 0 Å². The SMILES string of the molecule is Clc1cc(Br)ccc1Cn1ccc2c(Br)cccc21. The van der Waals surface area contributed by atoms with Gasteiger partial charge in [-0.15, -0.1) is 0 Å². The Hall–Kier alpha value is -0.770. The van der Waals surface area contributed by atoms with Gasteiger partial charge in [-0.25, -0.2) is 0 Å². The quantitative estimate of drug-likeness (QED) is 0.508. The highest BCUT2D eigenvalue weighted by Gasteiger charge is 2.06. The zero-order chi connectivity index (χ0) is 13.4. The molecule has 0 aliphatic rings. The summed E-state index contributed by atoms with van der Waals surface area (Å²) in [6.07, 6.45) is 2.09. The smallest absolute Gasteiger partial charge is 0.0494 e. The zero-order valence-corrected chi connectivity index (χ0v) is 13.8. The van der Waals surface area contributed by atoms with Crippen LogP contribution in [0.2, 0.25) is 5.02 Å². The monoisotopic (exact) mass is 397 g/mol. The average molecular weight is 400 g/mol. The van der Waals surface area contributed by atoms with Crippen molar-refractivity contribution in [1.29, 1.82) is 0 Å². The van der Waals surface area contributed by atoms with Gasteiger partial charge in [-0.1, -0.05) is 55.6 Å². The summed E-state index contributed by atoms with van der Waals surface area (Å²) in [4.78, 5) is 0. The van der Waals surface area contributed by atoms with Crippen LogP contribution >= 0.6 is 43.5 Å². The first kappa shape index (κ1) is 13.2. The van der Waals surface area contributed by atoms with Crippen LogP contribution in [0.1, 0.15) is 5.56 Å². The molecule has 0 atom stereocenters. The van der Waals surface area contributed by atoms with Gasteiger partial charge in [0.25, 0.3) is 0 Å². The van der Waals surface area contributed by atoms with Gasteiger partial charge in [-0.05, 0) is 35.9 Å². The van der Waals surface area contributed by atoms with E-state index in [1.54, 1.807) is 0 Å². The Morgan fingerprint density at radius 2 is 1.89 bits per heavy atom. The number of aromatic nitrogens is 1. The van der Waals surface area contributed by atoms with Gasteiger partial charge in [0, 0.05) is 37.6 Å². The van der Waals surface area contributed by atoms with E-state index in [4.69, 9.17) is 11.6 Å². The molecule has 0 radical (unpaired) electrons. The molecule has 96 valence electrons. The summed E-state index contributed by atoms with van der Waals surface area (Å²) in [5.41, 5.74) is 2.32. The van der Waals surface area contributed by atoms with Gasteiger partial charge in [-0.2, -0.15) is 0 Å². The maximum Gasteiger partial charge on any atom is 0.0494 e. The Morgan fingerprint density at radius 3 is 2.68 bits per heavy atom. The molecule has 3 rings (SSSR count). The molecule has 0 spiro atoms. The summed E-state index contributed by atoms with van der Waals surface area (Å²) in [6, 6.07) is 14.3. The van der Waals surface area contributed by atoms with Crippen LogP contribution in [-0.4, -0.2) is 4.57 Å². The van der Waals surface area contributed by atoms with Crippen molar-refractivity contribution in [2.75, 3.05) is 0 Å². The molecular weight excluding hydrogens is 389 g/mol. The molecule has 0 saturated heterocycles. The first-order valence-corrected chi connectivity index (χ1v) is 7.79. The van der Waals surface area contributed by atoms with Gasteiger partial charge in [0.15, 0.2) is 0 Å². The van der Waals surface area contributed by atoms with Crippen LogP contribution in [0.4, 0.5) is 0 Å². The predicted molar refractivity (Wildman–Crippen MR) is 87.9 cm³/mol. The van der Waals surface area contributed by atoms with Gasteiger partial charge in [-0.3, -0.25) is 0 Å². The maximum absolute atomic E-state index is 6.28. The maximum atomic E-state index is 6.28. The number of nitrogens with zero attached hydrogens (tertiary/aromatic N) is 1. The molecule has 0 unspecified atom stereocenters. The molecule has 0 saturated carbocycles. The van der Waals surface area contributed by atoms with Crippen LogP contribution < -0.4 is 0 Å². The lowest BCUT2D eigenvalue weighted by Crippen LogP contribution is -1.98.